The maximum Gasteiger partial charge on any atom is 0.222 e. The number of nitrogens with zero attached hydrogens (tertiary/aromatic N) is 1. The molecule has 1 fully saturated rings. The van der Waals surface area contributed by atoms with Crippen molar-refractivity contribution in [1.29, 1.82) is 0 Å². The molecule has 0 spiro atoms. The third kappa shape index (κ3) is 3.55. The molecule has 1 saturated heterocycles. The lowest BCUT2D eigenvalue weighted by Gasteiger charge is -2.32. The van der Waals surface area contributed by atoms with E-state index in [4.69, 9.17) is 0 Å². The van der Waals surface area contributed by atoms with E-state index < -0.39 is 0 Å². The van der Waals surface area contributed by atoms with Crippen molar-refractivity contribution < 1.29 is 4.79 Å². The van der Waals surface area contributed by atoms with Gasteiger partial charge in [0, 0.05) is 53.7 Å². The van der Waals surface area contributed by atoms with E-state index in [0.29, 0.717) is 18.2 Å². The molecule has 0 bridgehead atoms. The zero-order valence-electron chi connectivity index (χ0n) is 16.7. The predicted molar refractivity (Wildman–Crippen MR) is 118 cm³/mol. The fourth-order valence-corrected chi connectivity index (χ4v) is 4.80. The average molecular weight is 386 g/mol. The van der Waals surface area contributed by atoms with Gasteiger partial charge in [0.15, 0.2) is 0 Å². The molecule has 1 aliphatic rings. The molecule has 4 nitrogen and oxygen atoms in total. The van der Waals surface area contributed by atoms with Crippen LogP contribution >= 0.6 is 0 Å². The van der Waals surface area contributed by atoms with Crippen LogP contribution in [-0.4, -0.2) is 33.9 Å². The Morgan fingerprint density at radius 3 is 2.34 bits per heavy atom. The zero-order valence-corrected chi connectivity index (χ0v) is 16.7. The van der Waals surface area contributed by atoms with E-state index in [2.05, 4.69) is 69.7 Å². The van der Waals surface area contributed by atoms with Gasteiger partial charge in [-0.05, 0) is 54.9 Å². The van der Waals surface area contributed by atoms with Gasteiger partial charge in [0.2, 0.25) is 5.91 Å². The van der Waals surface area contributed by atoms with Gasteiger partial charge >= 0.3 is 0 Å². The first kappa shape index (κ1) is 18.0. The van der Waals surface area contributed by atoms with Crippen LogP contribution in [0.15, 0.2) is 60.9 Å². The number of H-pyrrole nitrogens is 2. The SMILES string of the molecule is O=C(CCCc1c[nH]c2ccccc12)N1CCC(c2c[nH]c3ccccc23)CC1. The summed E-state index contributed by atoms with van der Waals surface area (Å²) >= 11 is 0. The molecule has 2 N–H and O–H groups in total. The van der Waals surface area contributed by atoms with Crippen molar-refractivity contribution in [3.05, 3.63) is 72.1 Å². The highest BCUT2D eigenvalue weighted by atomic mass is 16.2. The van der Waals surface area contributed by atoms with Crippen molar-refractivity contribution in [1.82, 2.24) is 14.9 Å². The number of benzene rings is 2. The lowest BCUT2D eigenvalue weighted by atomic mass is 9.89. The molecule has 2 aromatic heterocycles. The Kier molecular flexibility index (Phi) is 4.84. The summed E-state index contributed by atoms with van der Waals surface area (Å²) < 4.78 is 0. The van der Waals surface area contributed by atoms with Crippen LogP contribution in [0.1, 0.15) is 42.7 Å². The minimum atomic E-state index is 0.308. The lowest BCUT2D eigenvalue weighted by molar-refractivity contribution is -0.132. The Bertz CT molecular complexity index is 1130. The molecule has 0 unspecified atom stereocenters. The van der Waals surface area contributed by atoms with Gasteiger partial charge < -0.3 is 14.9 Å². The van der Waals surface area contributed by atoms with E-state index in [1.54, 1.807) is 0 Å². The second-order valence-electron chi connectivity index (χ2n) is 8.16. The summed E-state index contributed by atoms with van der Waals surface area (Å²) in [5.41, 5.74) is 5.10. The fraction of sp³-hybridized carbons (Fsp3) is 0.320. The van der Waals surface area contributed by atoms with Crippen molar-refractivity contribution >= 4 is 27.7 Å². The van der Waals surface area contributed by atoms with Crippen molar-refractivity contribution in [2.75, 3.05) is 13.1 Å². The molecule has 0 saturated carbocycles. The number of hydrogen-bond donors (Lipinski definition) is 2. The second kappa shape index (κ2) is 7.78. The number of amides is 1. The molecular weight excluding hydrogens is 358 g/mol. The van der Waals surface area contributed by atoms with Crippen LogP contribution in [-0.2, 0) is 11.2 Å². The predicted octanol–water partition coefficient (Wildman–Crippen LogP) is 5.38. The van der Waals surface area contributed by atoms with Gasteiger partial charge in [0.25, 0.3) is 0 Å². The Morgan fingerprint density at radius 1 is 0.897 bits per heavy atom. The number of para-hydroxylation sites is 2. The average Bonchev–Trinajstić information content (AvgIpc) is 3.38. The summed E-state index contributed by atoms with van der Waals surface area (Å²) in [6.45, 7) is 1.74. The van der Waals surface area contributed by atoms with E-state index in [0.717, 1.165) is 38.8 Å². The highest BCUT2D eigenvalue weighted by Gasteiger charge is 2.25. The summed E-state index contributed by atoms with van der Waals surface area (Å²) in [6.07, 6.45) is 8.84. The van der Waals surface area contributed by atoms with Crippen LogP contribution in [0.5, 0.6) is 0 Å². The minimum absolute atomic E-state index is 0.308. The highest BCUT2D eigenvalue weighted by molar-refractivity contribution is 5.84. The summed E-state index contributed by atoms with van der Waals surface area (Å²) in [5, 5.41) is 2.61. The van der Waals surface area contributed by atoms with E-state index in [-0.39, 0.29) is 0 Å². The first-order chi connectivity index (χ1) is 14.3. The van der Waals surface area contributed by atoms with Crippen molar-refractivity contribution in [2.24, 2.45) is 0 Å². The summed E-state index contributed by atoms with van der Waals surface area (Å²) in [4.78, 5) is 21.5. The van der Waals surface area contributed by atoms with Crippen LogP contribution < -0.4 is 0 Å². The summed E-state index contributed by atoms with van der Waals surface area (Å²) in [6, 6.07) is 16.9. The van der Waals surface area contributed by atoms with Crippen molar-refractivity contribution in [3.8, 4) is 0 Å². The molecule has 5 rings (SSSR count). The Hall–Kier alpha value is -3.01. The van der Waals surface area contributed by atoms with Crippen molar-refractivity contribution in [3.63, 3.8) is 0 Å². The van der Waals surface area contributed by atoms with E-state index >= 15 is 0 Å². The number of hydrogen-bond acceptors (Lipinski definition) is 1. The largest absolute Gasteiger partial charge is 0.361 e. The second-order valence-corrected chi connectivity index (χ2v) is 8.16. The van der Waals surface area contributed by atoms with Crippen LogP contribution in [0.25, 0.3) is 21.8 Å². The van der Waals surface area contributed by atoms with Crippen LogP contribution in [0, 0.1) is 0 Å². The molecule has 2 aromatic carbocycles. The molecule has 4 heteroatoms. The van der Waals surface area contributed by atoms with Gasteiger partial charge in [-0.2, -0.15) is 0 Å². The van der Waals surface area contributed by atoms with Crippen LogP contribution in [0.2, 0.25) is 0 Å². The van der Waals surface area contributed by atoms with Crippen molar-refractivity contribution in [2.45, 2.75) is 38.0 Å². The maximum absolute atomic E-state index is 12.7. The minimum Gasteiger partial charge on any atom is -0.361 e. The molecule has 3 heterocycles. The smallest absolute Gasteiger partial charge is 0.222 e. The van der Waals surface area contributed by atoms with Crippen LogP contribution in [0.4, 0.5) is 0 Å². The topological polar surface area (TPSA) is 51.9 Å². The number of carbonyl (C=O) groups excluding carboxylic acids is 1. The third-order valence-corrected chi connectivity index (χ3v) is 6.42. The van der Waals surface area contributed by atoms with E-state index in [1.807, 2.05) is 6.07 Å². The molecular formula is C25H27N3O. The molecule has 4 aromatic rings. The highest BCUT2D eigenvalue weighted by Crippen LogP contribution is 2.33. The molecule has 0 aliphatic carbocycles. The quantitative estimate of drug-likeness (QED) is 0.476. The molecule has 1 amide bonds. The Balaban J connectivity index is 1.14. The van der Waals surface area contributed by atoms with Gasteiger partial charge in [0.05, 0.1) is 0 Å². The number of carbonyl (C=O) groups is 1. The van der Waals surface area contributed by atoms with Gasteiger partial charge in [0.1, 0.15) is 0 Å². The molecule has 0 radical (unpaired) electrons. The number of aromatic amines is 2. The summed E-state index contributed by atoms with van der Waals surface area (Å²) in [7, 11) is 0. The normalized spacial score (nSPS) is 15.4. The first-order valence-corrected chi connectivity index (χ1v) is 10.7. The number of fused-ring (bicyclic) bond motifs is 2. The molecule has 1 aliphatic heterocycles. The van der Waals surface area contributed by atoms with Gasteiger partial charge in [-0.3, -0.25) is 4.79 Å². The summed E-state index contributed by atoms with van der Waals surface area (Å²) in [5.74, 6) is 0.851. The third-order valence-electron chi connectivity index (χ3n) is 6.42. The number of aryl methyl sites for hydroxylation is 1. The van der Waals surface area contributed by atoms with Crippen LogP contribution in [0.3, 0.4) is 0 Å². The number of likely N-dealkylation sites (tertiary alicyclic amines) is 1. The standard InChI is InChI=1S/C25H27N3O/c29-25(11-5-6-19-16-26-23-9-3-1-7-20(19)23)28-14-12-18(13-15-28)22-17-27-24-10-4-2-8-21(22)24/h1-4,7-10,16-18,26-27H,5-6,11-15H2. The number of aromatic nitrogens is 2. The van der Waals surface area contributed by atoms with Gasteiger partial charge in [-0.15, -0.1) is 0 Å². The molecule has 0 atom stereocenters. The number of piperidine rings is 1. The fourth-order valence-electron chi connectivity index (χ4n) is 4.80. The monoisotopic (exact) mass is 385 g/mol. The van der Waals surface area contributed by atoms with Gasteiger partial charge in [-0.25, -0.2) is 0 Å². The van der Waals surface area contributed by atoms with E-state index in [1.165, 1.54) is 32.9 Å². The number of rotatable bonds is 5. The Morgan fingerprint density at radius 2 is 1.55 bits per heavy atom. The molecule has 148 valence electrons. The van der Waals surface area contributed by atoms with Gasteiger partial charge in [-0.1, -0.05) is 36.4 Å². The zero-order chi connectivity index (χ0) is 19.6. The van der Waals surface area contributed by atoms with E-state index in [9.17, 15) is 4.79 Å². The maximum atomic E-state index is 12.7. The Labute approximate surface area is 170 Å². The lowest BCUT2D eigenvalue weighted by Crippen LogP contribution is -2.37. The first-order valence-electron chi connectivity index (χ1n) is 10.7. The molecule has 29 heavy (non-hydrogen) atoms. The number of nitrogens with one attached hydrogen (secondary N) is 2.